The van der Waals surface area contributed by atoms with Gasteiger partial charge >= 0.3 is 0 Å². The van der Waals surface area contributed by atoms with Crippen LogP contribution in [0.25, 0.3) is 0 Å². The molecule has 0 radical (unpaired) electrons. The highest BCUT2D eigenvalue weighted by Gasteiger charge is 2.12. The molecule has 0 aliphatic heterocycles. The van der Waals surface area contributed by atoms with E-state index in [1.165, 1.54) is 0 Å². The maximum absolute atomic E-state index is 10.9. The number of rotatable bonds is 9. The van der Waals surface area contributed by atoms with Crippen molar-refractivity contribution in [2.45, 2.75) is 51.9 Å². The van der Waals surface area contributed by atoms with Crippen LogP contribution in [0.5, 0.6) is 0 Å². The Morgan fingerprint density at radius 1 is 1.07 bits per heavy atom. The van der Waals surface area contributed by atoms with Gasteiger partial charge in [0.1, 0.15) is 0 Å². The maximum Gasteiger partial charge on any atom is 0.224 e. The molecule has 0 rings (SSSR count). The SMILES string of the molecule is CCC(CCCCCCC(=O)Cl)C(=O)Cl. The van der Waals surface area contributed by atoms with E-state index < -0.39 is 0 Å². The highest BCUT2D eigenvalue weighted by atomic mass is 35.5. The second-order valence-electron chi connectivity index (χ2n) is 3.72. The summed E-state index contributed by atoms with van der Waals surface area (Å²) in [5.74, 6) is 0.00123. The van der Waals surface area contributed by atoms with Gasteiger partial charge in [-0.25, -0.2) is 0 Å². The Morgan fingerprint density at radius 3 is 2.13 bits per heavy atom. The zero-order chi connectivity index (χ0) is 11.7. The molecule has 0 aromatic heterocycles. The molecule has 0 aromatic carbocycles. The number of halogens is 2. The van der Waals surface area contributed by atoms with Gasteiger partial charge in [0.2, 0.25) is 10.5 Å². The fourth-order valence-electron chi connectivity index (χ4n) is 1.49. The van der Waals surface area contributed by atoms with Crippen LogP contribution in [0.1, 0.15) is 51.9 Å². The molecule has 15 heavy (non-hydrogen) atoms. The molecule has 2 nitrogen and oxygen atoms in total. The molecule has 4 heteroatoms. The van der Waals surface area contributed by atoms with Gasteiger partial charge in [0.25, 0.3) is 0 Å². The van der Waals surface area contributed by atoms with E-state index in [1.54, 1.807) is 0 Å². The van der Waals surface area contributed by atoms with Crippen LogP contribution in [0.3, 0.4) is 0 Å². The lowest BCUT2D eigenvalue weighted by atomic mass is 9.99. The maximum atomic E-state index is 10.9. The van der Waals surface area contributed by atoms with E-state index in [0.717, 1.165) is 38.5 Å². The molecule has 0 aliphatic rings. The molecule has 0 amide bonds. The van der Waals surface area contributed by atoms with Crippen molar-refractivity contribution in [3.63, 3.8) is 0 Å². The van der Waals surface area contributed by atoms with Crippen molar-refractivity contribution in [3.8, 4) is 0 Å². The summed E-state index contributed by atoms with van der Waals surface area (Å²) in [5, 5.41) is -0.495. The molecule has 0 aromatic rings. The fraction of sp³-hybridized carbons (Fsp3) is 0.818. The molecule has 0 fully saturated rings. The van der Waals surface area contributed by atoms with Crippen molar-refractivity contribution in [2.75, 3.05) is 0 Å². The molecule has 0 heterocycles. The Morgan fingerprint density at radius 2 is 1.67 bits per heavy atom. The van der Waals surface area contributed by atoms with E-state index >= 15 is 0 Å². The molecular weight excluding hydrogens is 235 g/mol. The molecule has 88 valence electrons. The molecule has 1 unspecified atom stereocenters. The lowest BCUT2D eigenvalue weighted by molar-refractivity contribution is -0.115. The summed E-state index contributed by atoms with van der Waals surface area (Å²) in [4.78, 5) is 21.3. The van der Waals surface area contributed by atoms with E-state index in [2.05, 4.69) is 0 Å². The normalized spacial score (nSPS) is 12.5. The lowest BCUT2D eigenvalue weighted by Crippen LogP contribution is -2.06. The number of carbonyl (C=O) groups excluding carboxylic acids is 2. The highest BCUT2D eigenvalue weighted by molar-refractivity contribution is 6.64. The second-order valence-corrected chi connectivity index (χ2v) is 4.51. The summed E-state index contributed by atoms with van der Waals surface area (Å²) in [6.45, 7) is 1.97. The van der Waals surface area contributed by atoms with Crippen LogP contribution < -0.4 is 0 Å². The number of hydrogen-bond donors (Lipinski definition) is 0. The Bertz CT molecular complexity index is 205. The van der Waals surface area contributed by atoms with Gasteiger partial charge < -0.3 is 0 Å². The largest absolute Gasteiger partial charge is 0.281 e. The van der Waals surface area contributed by atoms with Crippen molar-refractivity contribution >= 4 is 33.7 Å². The van der Waals surface area contributed by atoms with E-state index in [1.807, 2.05) is 6.92 Å². The van der Waals surface area contributed by atoms with Crippen molar-refractivity contribution in [3.05, 3.63) is 0 Å². The van der Waals surface area contributed by atoms with Crippen molar-refractivity contribution in [2.24, 2.45) is 5.92 Å². The first-order chi connectivity index (χ1) is 7.07. The van der Waals surface area contributed by atoms with Gasteiger partial charge in [0.05, 0.1) is 0 Å². The number of unbranched alkanes of at least 4 members (excludes halogenated alkanes) is 3. The van der Waals surface area contributed by atoms with Crippen LogP contribution in [0, 0.1) is 5.92 Å². The van der Waals surface area contributed by atoms with Gasteiger partial charge in [-0.1, -0.05) is 26.2 Å². The highest BCUT2D eigenvalue weighted by Crippen LogP contribution is 2.17. The van der Waals surface area contributed by atoms with Crippen molar-refractivity contribution in [1.29, 1.82) is 0 Å². The van der Waals surface area contributed by atoms with E-state index in [-0.39, 0.29) is 16.4 Å². The molecule has 1 atom stereocenters. The third-order valence-electron chi connectivity index (χ3n) is 2.49. The molecule has 0 aliphatic carbocycles. The zero-order valence-electron chi connectivity index (χ0n) is 9.10. The summed E-state index contributed by atoms with van der Waals surface area (Å²) in [7, 11) is 0. The first kappa shape index (κ1) is 14.9. The third kappa shape index (κ3) is 8.88. The van der Waals surface area contributed by atoms with Gasteiger partial charge in [-0.15, -0.1) is 0 Å². The summed E-state index contributed by atoms with van der Waals surface area (Å²) in [6, 6.07) is 0. The molecule has 0 spiro atoms. The van der Waals surface area contributed by atoms with Crippen molar-refractivity contribution in [1.82, 2.24) is 0 Å². The smallest absolute Gasteiger partial charge is 0.224 e. The average molecular weight is 253 g/mol. The first-order valence-corrected chi connectivity index (χ1v) is 6.21. The molecular formula is C11H18Cl2O2. The van der Waals surface area contributed by atoms with Crippen LogP contribution in [0.15, 0.2) is 0 Å². The van der Waals surface area contributed by atoms with Crippen LogP contribution >= 0.6 is 23.2 Å². The Kier molecular flexibility index (Phi) is 9.12. The Labute approximate surface area is 101 Å². The molecule has 0 saturated carbocycles. The Balaban J connectivity index is 3.37. The van der Waals surface area contributed by atoms with Crippen LogP contribution in [0.2, 0.25) is 0 Å². The molecule has 0 bridgehead atoms. The second kappa shape index (κ2) is 9.17. The van der Waals surface area contributed by atoms with Gasteiger partial charge in [0, 0.05) is 12.3 Å². The quantitative estimate of drug-likeness (QED) is 0.461. The number of hydrogen-bond acceptors (Lipinski definition) is 2. The van der Waals surface area contributed by atoms with Crippen molar-refractivity contribution < 1.29 is 9.59 Å². The van der Waals surface area contributed by atoms with Gasteiger partial charge in [-0.05, 0) is 42.5 Å². The van der Waals surface area contributed by atoms with Crippen LogP contribution in [-0.4, -0.2) is 10.5 Å². The van der Waals surface area contributed by atoms with Crippen LogP contribution in [-0.2, 0) is 9.59 Å². The van der Waals surface area contributed by atoms with Crippen LogP contribution in [0.4, 0.5) is 0 Å². The minimum Gasteiger partial charge on any atom is -0.281 e. The van der Waals surface area contributed by atoms with Gasteiger partial charge in [0.15, 0.2) is 0 Å². The lowest BCUT2D eigenvalue weighted by Gasteiger charge is -2.08. The molecule has 0 saturated heterocycles. The van der Waals surface area contributed by atoms with E-state index in [9.17, 15) is 9.59 Å². The minimum atomic E-state index is -0.266. The fourth-order valence-corrected chi connectivity index (χ4v) is 1.88. The topological polar surface area (TPSA) is 34.1 Å². The van der Waals surface area contributed by atoms with E-state index in [0.29, 0.717) is 6.42 Å². The monoisotopic (exact) mass is 252 g/mol. The van der Waals surface area contributed by atoms with E-state index in [4.69, 9.17) is 23.2 Å². The summed E-state index contributed by atoms with van der Waals surface area (Å²) >= 11 is 10.6. The van der Waals surface area contributed by atoms with Gasteiger partial charge in [-0.3, -0.25) is 9.59 Å². The average Bonchev–Trinajstić information content (AvgIpc) is 2.15. The summed E-state index contributed by atoms with van der Waals surface area (Å²) in [6.07, 6.45) is 5.97. The summed E-state index contributed by atoms with van der Waals surface area (Å²) < 4.78 is 0. The minimum absolute atomic E-state index is 0.00123. The zero-order valence-corrected chi connectivity index (χ0v) is 10.6. The standard InChI is InChI=1S/C11H18Cl2O2/c1-2-9(11(13)15)7-5-3-4-6-8-10(12)14/h9H,2-8H2,1H3. The van der Waals surface area contributed by atoms with Gasteiger partial charge in [-0.2, -0.15) is 0 Å². The third-order valence-corrected chi connectivity index (χ3v) is 2.99. The first-order valence-electron chi connectivity index (χ1n) is 5.45. The molecule has 0 N–H and O–H groups in total. The Hall–Kier alpha value is -0.0800. The number of carbonyl (C=O) groups is 2. The predicted molar refractivity (Wildman–Crippen MR) is 63.2 cm³/mol. The summed E-state index contributed by atoms with van der Waals surface area (Å²) in [5.41, 5.74) is 0. The predicted octanol–water partition coefficient (Wildman–Crippen LogP) is 3.88.